The Morgan fingerprint density at radius 1 is 1.00 bits per heavy atom. The minimum atomic E-state index is -0.566. The van der Waals surface area contributed by atoms with Gasteiger partial charge in [-0.3, -0.25) is 0 Å². The van der Waals surface area contributed by atoms with Crippen molar-refractivity contribution in [1.29, 1.82) is 0 Å². The van der Waals surface area contributed by atoms with Gasteiger partial charge in [-0.05, 0) is 113 Å². The van der Waals surface area contributed by atoms with Gasteiger partial charge in [-0.25, -0.2) is 0 Å². The lowest BCUT2D eigenvalue weighted by atomic mass is 9.58. The molecule has 1 unspecified atom stereocenters. The van der Waals surface area contributed by atoms with Gasteiger partial charge in [0.2, 0.25) is 0 Å². The third-order valence-electron chi connectivity index (χ3n) is 10.4. The Bertz CT molecular complexity index is 657. The highest BCUT2D eigenvalue weighted by atomic mass is 16.3. The molecule has 2 saturated carbocycles. The molecule has 0 heterocycles. The first-order chi connectivity index (χ1) is 16.5. The maximum atomic E-state index is 10.6. The van der Waals surface area contributed by atoms with Gasteiger partial charge in [0.25, 0.3) is 0 Å². The zero-order valence-corrected chi connectivity index (χ0v) is 23.3. The van der Waals surface area contributed by atoms with E-state index in [9.17, 15) is 20.4 Å². The van der Waals surface area contributed by atoms with Crippen LogP contribution in [0.15, 0.2) is 12.2 Å². The molecule has 3 aliphatic carbocycles. The van der Waals surface area contributed by atoms with Crippen LogP contribution in [-0.4, -0.2) is 44.8 Å². The molecular formula is C31H56O4. The number of fused-ring (bicyclic) bond motifs is 1. The van der Waals surface area contributed by atoms with Crippen molar-refractivity contribution >= 4 is 0 Å². The van der Waals surface area contributed by atoms with Crippen LogP contribution in [0.5, 0.6) is 0 Å². The van der Waals surface area contributed by atoms with Gasteiger partial charge in [0.05, 0.1) is 17.8 Å². The molecule has 4 nitrogen and oxygen atoms in total. The molecule has 0 amide bonds. The summed E-state index contributed by atoms with van der Waals surface area (Å²) < 4.78 is 0. The summed E-state index contributed by atoms with van der Waals surface area (Å²) in [6.07, 6.45) is 16.8. The first-order valence-electron chi connectivity index (χ1n) is 14.9. The fourth-order valence-corrected chi connectivity index (χ4v) is 8.55. The van der Waals surface area contributed by atoms with Gasteiger partial charge < -0.3 is 20.4 Å². The lowest BCUT2D eigenvalue weighted by Crippen LogP contribution is -2.42. The van der Waals surface area contributed by atoms with E-state index >= 15 is 0 Å². The van der Waals surface area contributed by atoms with Gasteiger partial charge in [0.15, 0.2) is 0 Å². The largest absolute Gasteiger partial charge is 0.396 e. The summed E-state index contributed by atoms with van der Waals surface area (Å²) in [7, 11) is 0. The van der Waals surface area contributed by atoms with E-state index in [1.807, 2.05) is 13.8 Å². The van der Waals surface area contributed by atoms with Crippen molar-refractivity contribution in [2.24, 2.45) is 46.8 Å². The first-order valence-corrected chi connectivity index (χ1v) is 14.9. The van der Waals surface area contributed by atoms with Crippen molar-refractivity contribution < 1.29 is 20.4 Å². The van der Waals surface area contributed by atoms with Crippen LogP contribution in [-0.2, 0) is 0 Å². The van der Waals surface area contributed by atoms with Crippen LogP contribution in [0.4, 0.5) is 0 Å². The minimum absolute atomic E-state index is 0.0359. The topological polar surface area (TPSA) is 80.9 Å². The van der Waals surface area contributed by atoms with Gasteiger partial charge in [-0.2, -0.15) is 0 Å². The maximum absolute atomic E-state index is 10.6. The smallest absolute Gasteiger partial charge is 0.0596 e. The standard InChI is InChI=1S/C31H56O4/c1-6-8-23-14-17-31(5)26(21(2)9-7-16-30(3,4)35)12-13-27(31)24(23)11-10-22-19-28(33)25(15-18-32)29(34)20-22/h14,17,21-29,32-35H,6-13,15-16,18-20H2,1-5H3/t21-,22?,23-,24?,25?,26-,27+,28-,29-,31-/m1/s1. The van der Waals surface area contributed by atoms with Gasteiger partial charge in [0.1, 0.15) is 0 Å². The van der Waals surface area contributed by atoms with Crippen molar-refractivity contribution in [1.82, 2.24) is 0 Å². The molecule has 2 fully saturated rings. The molecule has 4 heteroatoms. The molecule has 3 rings (SSSR count). The molecule has 8 atom stereocenters. The number of aliphatic hydroxyl groups is 4. The lowest BCUT2D eigenvalue weighted by molar-refractivity contribution is -0.0564. The molecule has 0 aliphatic heterocycles. The quantitative estimate of drug-likeness (QED) is 0.248. The average Bonchev–Trinajstić information content (AvgIpc) is 3.12. The second-order valence-electron chi connectivity index (χ2n) is 13.5. The van der Waals surface area contributed by atoms with E-state index in [0.29, 0.717) is 36.0 Å². The molecule has 3 aliphatic rings. The van der Waals surface area contributed by atoms with E-state index in [1.165, 1.54) is 38.5 Å². The summed E-state index contributed by atoms with van der Waals surface area (Å²) in [5.74, 6) is 3.68. The molecule has 35 heavy (non-hydrogen) atoms. The predicted molar refractivity (Wildman–Crippen MR) is 144 cm³/mol. The Morgan fingerprint density at radius 3 is 2.29 bits per heavy atom. The maximum Gasteiger partial charge on any atom is 0.0596 e. The molecule has 0 aromatic rings. The van der Waals surface area contributed by atoms with Crippen molar-refractivity contribution in [3.05, 3.63) is 12.2 Å². The molecule has 0 radical (unpaired) electrons. The van der Waals surface area contributed by atoms with Crippen LogP contribution in [0.2, 0.25) is 0 Å². The van der Waals surface area contributed by atoms with E-state index in [4.69, 9.17) is 0 Å². The fourth-order valence-electron chi connectivity index (χ4n) is 8.55. The molecule has 0 bridgehead atoms. The van der Waals surface area contributed by atoms with Crippen molar-refractivity contribution in [2.75, 3.05) is 6.61 Å². The van der Waals surface area contributed by atoms with Crippen LogP contribution >= 0.6 is 0 Å². The Kier molecular flexibility index (Phi) is 10.3. The summed E-state index contributed by atoms with van der Waals surface area (Å²) in [5, 5.41) is 40.7. The molecule has 204 valence electrons. The van der Waals surface area contributed by atoms with Crippen molar-refractivity contribution in [3.8, 4) is 0 Å². The number of rotatable bonds is 12. The summed E-state index contributed by atoms with van der Waals surface area (Å²) in [6.45, 7) is 11.1. The van der Waals surface area contributed by atoms with Gasteiger partial charge in [0, 0.05) is 12.5 Å². The SMILES string of the molecule is CCC[C@@H]1C=C[C@]2(C)[C@@H]([C@H](C)CCCC(C)(C)O)CC[C@H]2C1CCC1C[C@@H](O)C(CCO)[C@H](O)C1. The number of allylic oxidation sites excluding steroid dienone is 2. The highest BCUT2D eigenvalue weighted by molar-refractivity contribution is 5.16. The molecule has 0 aromatic heterocycles. The average molecular weight is 493 g/mol. The Balaban J connectivity index is 1.65. The van der Waals surface area contributed by atoms with E-state index in [-0.39, 0.29) is 17.9 Å². The summed E-state index contributed by atoms with van der Waals surface area (Å²) >= 11 is 0. The number of aliphatic hydroxyl groups excluding tert-OH is 3. The number of hydrogen-bond donors (Lipinski definition) is 4. The molecular weight excluding hydrogens is 436 g/mol. The highest BCUT2D eigenvalue weighted by Gasteiger charge is 2.52. The van der Waals surface area contributed by atoms with Crippen LogP contribution in [0.3, 0.4) is 0 Å². The molecule has 0 saturated heterocycles. The van der Waals surface area contributed by atoms with Crippen LogP contribution in [0.1, 0.15) is 112 Å². The highest BCUT2D eigenvalue weighted by Crippen LogP contribution is 2.60. The summed E-state index contributed by atoms with van der Waals surface area (Å²) in [5.41, 5.74) is -0.301. The Labute approximate surface area is 215 Å². The van der Waals surface area contributed by atoms with Crippen LogP contribution in [0.25, 0.3) is 0 Å². The van der Waals surface area contributed by atoms with Gasteiger partial charge in [-0.15, -0.1) is 0 Å². The van der Waals surface area contributed by atoms with E-state index in [0.717, 1.165) is 38.0 Å². The lowest BCUT2D eigenvalue weighted by Gasteiger charge is -2.47. The first kappa shape index (κ1) is 29.1. The minimum Gasteiger partial charge on any atom is -0.396 e. The van der Waals surface area contributed by atoms with Crippen molar-refractivity contribution in [2.45, 2.75) is 129 Å². The van der Waals surface area contributed by atoms with Gasteiger partial charge >= 0.3 is 0 Å². The molecule has 4 N–H and O–H groups in total. The fraction of sp³-hybridized carbons (Fsp3) is 0.935. The third-order valence-corrected chi connectivity index (χ3v) is 10.4. The summed E-state index contributed by atoms with van der Waals surface area (Å²) in [6, 6.07) is 0. The second kappa shape index (κ2) is 12.4. The second-order valence-corrected chi connectivity index (χ2v) is 13.5. The monoisotopic (exact) mass is 492 g/mol. The third kappa shape index (κ3) is 7.12. The Hall–Kier alpha value is -0.420. The molecule has 0 spiro atoms. The predicted octanol–water partition coefficient (Wildman–Crippen LogP) is 6.11. The zero-order chi connectivity index (χ0) is 25.8. The molecule has 0 aromatic carbocycles. The summed E-state index contributed by atoms with van der Waals surface area (Å²) in [4.78, 5) is 0. The van der Waals surface area contributed by atoms with E-state index in [2.05, 4.69) is 32.9 Å². The van der Waals surface area contributed by atoms with E-state index in [1.54, 1.807) is 0 Å². The number of hydrogen-bond acceptors (Lipinski definition) is 4. The zero-order valence-electron chi connectivity index (χ0n) is 23.3. The van der Waals surface area contributed by atoms with Crippen molar-refractivity contribution in [3.63, 3.8) is 0 Å². The normalized spacial score (nSPS) is 40.6. The van der Waals surface area contributed by atoms with Gasteiger partial charge in [-0.1, -0.05) is 52.2 Å². The van der Waals surface area contributed by atoms with E-state index < -0.39 is 17.8 Å². The Morgan fingerprint density at radius 2 is 1.69 bits per heavy atom. The van der Waals surface area contributed by atoms with Crippen LogP contribution in [0, 0.1) is 46.8 Å². The van der Waals surface area contributed by atoms with Crippen LogP contribution < -0.4 is 0 Å².